The van der Waals surface area contributed by atoms with E-state index in [0.717, 1.165) is 18.3 Å². The summed E-state index contributed by atoms with van der Waals surface area (Å²) in [6, 6.07) is 3.28. The number of nitrogens with zero attached hydrogens (tertiary/aromatic N) is 4. The number of aryl methyl sites for hydroxylation is 1. The van der Waals surface area contributed by atoms with E-state index in [4.69, 9.17) is 5.73 Å². The molecule has 6 nitrogen and oxygen atoms in total. The highest BCUT2D eigenvalue weighted by atomic mass is 19.4. The lowest BCUT2D eigenvalue weighted by molar-refractivity contribution is -0.137. The largest absolute Gasteiger partial charge is 0.416 e. The molecule has 0 aliphatic heterocycles. The molecule has 0 spiro atoms. The molecule has 3 heterocycles. The number of hydrogen-bond acceptors (Lipinski definition) is 4. The second-order valence-corrected chi connectivity index (χ2v) is 4.66. The summed E-state index contributed by atoms with van der Waals surface area (Å²) >= 11 is 0. The molecular formula is C13H10F3N5O. The van der Waals surface area contributed by atoms with Gasteiger partial charge in [-0.15, -0.1) is 0 Å². The van der Waals surface area contributed by atoms with Crippen LogP contribution in [0.15, 0.2) is 35.4 Å². The second kappa shape index (κ2) is 4.58. The first-order chi connectivity index (χ1) is 10.3. The summed E-state index contributed by atoms with van der Waals surface area (Å²) in [4.78, 5) is 15.8. The van der Waals surface area contributed by atoms with Crippen molar-refractivity contribution in [2.45, 2.75) is 6.18 Å². The zero-order valence-electron chi connectivity index (χ0n) is 11.3. The first-order valence-electron chi connectivity index (χ1n) is 6.16. The van der Waals surface area contributed by atoms with Crippen LogP contribution in [0.5, 0.6) is 0 Å². The molecule has 3 aromatic heterocycles. The zero-order valence-corrected chi connectivity index (χ0v) is 11.3. The van der Waals surface area contributed by atoms with E-state index in [1.54, 1.807) is 7.05 Å². The van der Waals surface area contributed by atoms with Crippen molar-refractivity contribution in [3.05, 3.63) is 46.5 Å². The molecule has 0 aromatic carbocycles. The van der Waals surface area contributed by atoms with E-state index in [2.05, 4.69) is 10.1 Å². The van der Waals surface area contributed by atoms with Gasteiger partial charge in [0.2, 0.25) is 5.95 Å². The number of anilines is 1. The van der Waals surface area contributed by atoms with Gasteiger partial charge in [-0.3, -0.25) is 13.9 Å². The Balaban J connectivity index is 2.45. The smallest absolute Gasteiger partial charge is 0.369 e. The van der Waals surface area contributed by atoms with Crippen LogP contribution in [0.4, 0.5) is 19.1 Å². The van der Waals surface area contributed by atoms with Crippen LogP contribution in [0.3, 0.4) is 0 Å². The summed E-state index contributed by atoms with van der Waals surface area (Å²) in [5, 5.41) is 3.92. The molecular weight excluding hydrogens is 299 g/mol. The first-order valence-corrected chi connectivity index (χ1v) is 6.16. The number of rotatable bonds is 1. The molecule has 3 aromatic rings. The summed E-state index contributed by atoms with van der Waals surface area (Å²) in [7, 11) is 1.58. The average molecular weight is 309 g/mol. The van der Waals surface area contributed by atoms with Crippen molar-refractivity contribution in [1.82, 2.24) is 19.2 Å². The molecule has 0 bridgehead atoms. The number of pyridine rings is 1. The third-order valence-corrected chi connectivity index (χ3v) is 3.29. The maximum atomic E-state index is 12.9. The van der Waals surface area contributed by atoms with Crippen LogP contribution in [0.1, 0.15) is 5.56 Å². The molecule has 0 atom stereocenters. The van der Waals surface area contributed by atoms with Crippen LogP contribution < -0.4 is 11.3 Å². The van der Waals surface area contributed by atoms with Crippen molar-refractivity contribution in [1.29, 1.82) is 0 Å². The number of halogens is 3. The van der Waals surface area contributed by atoms with Gasteiger partial charge >= 0.3 is 6.18 Å². The average Bonchev–Trinajstić information content (AvgIpc) is 2.83. The van der Waals surface area contributed by atoms with Crippen LogP contribution in [0.2, 0.25) is 0 Å². The number of alkyl halides is 3. The van der Waals surface area contributed by atoms with E-state index in [1.807, 2.05) is 0 Å². The lowest BCUT2D eigenvalue weighted by Gasteiger charge is -2.12. The van der Waals surface area contributed by atoms with Gasteiger partial charge in [0.25, 0.3) is 5.56 Å². The molecule has 0 radical (unpaired) electrons. The molecule has 0 saturated carbocycles. The minimum atomic E-state index is -4.53. The standard InChI is InChI=1S/C13H10F3N5O/c1-20-8(2-4-18-20)10-9-6-7(13(14,15)16)3-5-21(9)12(17)19-11(10)22/h2-6H,1H3,(H2,17,19,22). The fraction of sp³-hybridized carbons (Fsp3) is 0.154. The Labute approximate surface area is 121 Å². The summed E-state index contributed by atoms with van der Waals surface area (Å²) in [5.41, 5.74) is 4.44. The predicted octanol–water partition coefficient (Wildman–Crippen LogP) is 1.70. The Hall–Kier alpha value is -2.84. The summed E-state index contributed by atoms with van der Waals surface area (Å²) < 4.78 is 41.4. The lowest BCUT2D eigenvalue weighted by atomic mass is 10.1. The minimum Gasteiger partial charge on any atom is -0.369 e. The number of fused-ring (bicyclic) bond motifs is 1. The van der Waals surface area contributed by atoms with E-state index in [1.165, 1.54) is 21.3 Å². The normalized spacial score (nSPS) is 12.0. The fourth-order valence-corrected chi connectivity index (χ4v) is 2.25. The van der Waals surface area contributed by atoms with Gasteiger partial charge < -0.3 is 5.73 Å². The van der Waals surface area contributed by atoms with Crippen molar-refractivity contribution in [2.75, 3.05) is 5.73 Å². The van der Waals surface area contributed by atoms with Gasteiger partial charge in [0.15, 0.2) is 0 Å². The number of aromatic nitrogens is 4. The summed E-state index contributed by atoms with van der Waals surface area (Å²) in [6.07, 6.45) is -1.95. The van der Waals surface area contributed by atoms with Crippen molar-refractivity contribution in [2.24, 2.45) is 7.05 Å². The molecule has 22 heavy (non-hydrogen) atoms. The Morgan fingerprint density at radius 1 is 1.27 bits per heavy atom. The molecule has 114 valence electrons. The van der Waals surface area contributed by atoms with Gasteiger partial charge in [0.05, 0.1) is 22.3 Å². The molecule has 0 aliphatic rings. The number of nitrogen functional groups attached to an aromatic ring is 1. The van der Waals surface area contributed by atoms with Crippen molar-refractivity contribution >= 4 is 11.5 Å². The molecule has 0 unspecified atom stereocenters. The SMILES string of the molecule is Cn1nccc1-c1c(=O)nc(N)n2ccc(C(F)(F)F)cc12. The van der Waals surface area contributed by atoms with Crippen LogP contribution in [-0.2, 0) is 13.2 Å². The van der Waals surface area contributed by atoms with E-state index < -0.39 is 17.3 Å². The maximum Gasteiger partial charge on any atom is 0.416 e. The van der Waals surface area contributed by atoms with Crippen LogP contribution >= 0.6 is 0 Å². The van der Waals surface area contributed by atoms with E-state index >= 15 is 0 Å². The molecule has 0 fully saturated rings. The van der Waals surface area contributed by atoms with Crippen LogP contribution in [-0.4, -0.2) is 19.2 Å². The summed E-state index contributed by atoms with van der Waals surface area (Å²) in [5.74, 6) is -0.181. The third-order valence-electron chi connectivity index (χ3n) is 3.29. The molecule has 3 rings (SSSR count). The quantitative estimate of drug-likeness (QED) is 0.742. The van der Waals surface area contributed by atoms with Gasteiger partial charge in [0, 0.05) is 19.4 Å². The highest BCUT2D eigenvalue weighted by molar-refractivity contribution is 5.79. The fourth-order valence-electron chi connectivity index (χ4n) is 2.25. The predicted molar refractivity (Wildman–Crippen MR) is 73.1 cm³/mol. The highest BCUT2D eigenvalue weighted by Crippen LogP contribution is 2.31. The molecule has 9 heteroatoms. The Kier molecular flexibility index (Phi) is 2.94. The van der Waals surface area contributed by atoms with Gasteiger partial charge in [-0.1, -0.05) is 0 Å². The third kappa shape index (κ3) is 2.10. The summed E-state index contributed by atoms with van der Waals surface area (Å²) in [6.45, 7) is 0. The highest BCUT2D eigenvalue weighted by Gasteiger charge is 2.31. The molecule has 0 saturated heterocycles. The Bertz CT molecular complexity index is 926. The van der Waals surface area contributed by atoms with Gasteiger partial charge in [-0.25, -0.2) is 0 Å². The minimum absolute atomic E-state index is 0.0142. The van der Waals surface area contributed by atoms with Crippen molar-refractivity contribution in [3.8, 4) is 11.3 Å². The van der Waals surface area contributed by atoms with E-state index in [0.29, 0.717) is 5.69 Å². The first kappa shape index (κ1) is 14.1. The van der Waals surface area contributed by atoms with Crippen LogP contribution in [0, 0.1) is 0 Å². The maximum absolute atomic E-state index is 12.9. The van der Waals surface area contributed by atoms with E-state index in [9.17, 15) is 18.0 Å². The second-order valence-electron chi connectivity index (χ2n) is 4.66. The van der Waals surface area contributed by atoms with Crippen molar-refractivity contribution in [3.63, 3.8) is 0 Å². The number of hydrogen-bond donors (Lipinski definition) is 1. The monoisotopic (exact) mass is 309 g/mol. The zero-order chi connectivity index (χ0) is 16.1. The van der Waals surface area contributed by atoms with Gasteiger partial charge in [-0.05, 0) is 18.2 Å². The van der Waals surface area contributed by atoms with Crippen molar-refractivity contribution < 1.29 is 13.2 Å². The van der Waals surface area contributed by atoms with Gasteiger partial charge in [-0.2, -0.15) is 23.3 Å². The topological polar surface area (TPSA) is 78.2 Å². The molecule has 0 aliphatic carbocycles. The Morgan fingerprint density at radius 3 is 2.59 bits per heavy atom. The van der Waals surface area contributed by atoms with Crippen LogP contribution in [0.25, 0.3) is 16.8 Å². The molecule has 2 N–H and O–H groups in total. The Morgan fingerprint density at radius 2 is 2.00 bits per heavy atom. The molecule has 0 amide bonds. The lowest BCUT2D eigenvalue weighted by Crippen LogP contribution is -2.18. The van der Waals surface area contributed by atoms with E-state index in [-0.39, 0.29) is 17.0 Å². The van der Waals surface area contributed by atoms with Gasteiger partial charge in [0.1, 0.15) is 0 Å². The number of nitrogens with two attached hydrogens (primary N) is 1.